The van der Waals surface area contributed by atoms with Gasteiger partial charge in [0.05, 0.1) is 6.10 Å². The van der Waals surface area contributed by atoms with Crippen molar-refractivity contribution in [2.75, 3.05) is 6.61 Å². The van der Waals surface area contributed by atoms with Crippen molar-refractivity contribution in [2.24, 2.45) is 0 Å². The van der Waals surface area contributed by atoms with E-state index in [1.54, 1.807) is 0 Å². The molecule has 0 saturated carbocycles. The number of benzene rings is 1. The molecule has 1 unspecified atom stereocenters. The summed E-state index contributed by atoms with van der Waals surface area (Å²) < 4.78 is 13.2. The molecule has 0 spiro atoms. The predicted octanol–water partition coefficient (Wildman–Crippen LogP) is 9.74. The van der Waals surface area contributed by atoms with Crippen LogP contribution in [0.4, 0.5) is 0 Å². The van der Waals surface area contributed by atoms with Crippen molar-refractivity contribution in [1.29, 1.82) is 0 Å². The number of hydrogen-bond donors (Lipinski definition) is 0. The Bertz CT molecular complexity index is 501. The van der Waals surface area contributed by atoms with Gasteiger partial charge in [0.25, 0.3) is 0 Å². The van der Waals surface area contributed by atoms with E-state index in [1.807, 2.05) is 0 Å². The van der Waals surface area contributed by atoms with E-state index >= 15 is 0 Å². The Kier molecular flexibility index (Phi) is 17.3. The fourth-order valence-corrected chi connectivity index (χ4v) is 6.99. The molecule has 31 heavy (non-hydrogen) atoms. The summed E-state index contributed by atoms with van der Waals surface area (Å²) in [5.74, 6) is 0. The third-order valence-corrected chi connectivity index (χ3v) is 10.2. The molecule has 0 heterocycles. The molecule has 180 valence electrons. The predicted molar refractivity (Wildman–Crippen MR) is 139 cm³/mol. The molecular formula is C28H52O2Si. The zero-order valence-corrected chi connectivity index (χ0v) is 22.3. The van der Waals surface area contributed by atoms with Gasteiger partial charge < -0.3 is 8.85 Å². The number of unbranched alkanes of at least 4 members (excludes halogenated alkanes) is 12. The molecule has 0 saturated heterocycles. The molecule has 1 rings (SSSR count). The summed E-state index contributed by atoms with van der Waals surface area (Å²) in [6, 6.07) is 12.7. The van der Waals surface area contributed by atoms with Crippen molar-refractivity contribution >= 4 is 8.56 Å². The average molecular weight is 449 g/mol. The lowest BCUT2D eigenvalue weighted by molar-refractivity contribution is 0.108. The first-order valence-corrected chi connectivity index (χ1v) is 15.8. The van der Waals surface area contributed by atoms with Gasteiger partial charge in [0.15, 0.2) is 0 Å². The summed E-state index contributed by atoms with van der Waals surface area (Å²) in [4.78, 5) is 0. The molecular weight excluding hydrogens is 396 g/mol. The van der Waals surface area contributed by atoms with Crippen molar-refractivity contribution < 1.29 is 8.85 Å². The molecule has 0 radical (unpaired) electrons. The first-order valence-electron chi connectivity index (χ1n) is 13.6. The zero-order chi connectivity index (χ0) is 22.6. The quantitative estimate of drug-likeness (QED) is 0.138. The fraction of sp³-hybridized carbons (Fsp3) is 0.786. The van der Waals surface area contributed by atoms with Crippen LogP contribution >= 0.6 is 0 Å². The van der Waals surface area contributed by atoms with Crippen LogP contribution in [0.2, 0.25) is 12.1 Å². The van der Waals surface area contributed by atoms with Gasteiger partial charge in [-0.2, -0.15) is 0 Å². The Morgan fingerprint density at radius 3 is 1.58 bits per heavy atom. The number of rotatable bonds is 21. The molecule has 0 aliphatic rings. The van der Waals surface area contributed by atoms with Gasteiger partial charge in [0, 0.05) is 6.61 Å². The van der Waals surface area contributed by atoms with E-state index in [0.29, 0.717) is 0 Å². The Morgan fingerprint density at radius 2 is 1.13 bits per heavy atom. The Hall–Kier alpha value is -0.643. The van der Waals surface area contributed by atoms with Gasteiger partial charge in [-0.3, -0.25) is 0 Å². The third-order valence-electron chi connectivity index (χ3n) is 6.59. The maximum absolute atomic E-state index is 6.70. The minimum Gasteiger partial charge on any atom is -0.394 e. The number of hydrogen-bond acceptors (Lipinski definition) is 2. The maximum Gasteiger partial charge on any atom is 0.338 e. The van der Waals surface area contributed by atoms with Crippen LogP contribution < -0.4 is 0 Å². The zero-order valence-electron chi connectivity index (χ0n) is 21.3. The Labute approximate surface area is 195 Å². The van der Waals surface area contributed by atoms with Gasteiger partial charge in [-0.05, 0) is 30.5 Å². The van der Waals surface area contributed by atoms with Crippen LogP contribution in [0.15, 0.2) is 30.3 Å². The Balaban J connectivity index is 2.15. The van der Waals surface area contributed by atoms with Crippen molar-refractivity contribution in [3.05, 3.63) is 35.9 Å². The lowest BCUT2D eigenvalue weighted by atomic mass is 10.0. The second-order valence-electron chi connectivity index (χ2n) is 9.13. The van der Waals surface area contributed by atoms with E-state index in [1.165, 1.54) is 89.0 Å². The van der Waals surface area contributed by atoms with Crippen LogP contribution in [0.3, 0.4) is 0 Å². The second kappa shape index (κ2) is 18.9. The fourth-order valence-electron chi connectivity index (χ4n) is 4.35. The molecule has 3 heteroatoms. The smallest absolute Gasteiger partial charge is 0.338 e. The van der Waals surface area contributed by atoms with Crippen molar-refractivity contribution in [3.8, 4) is 0 Å². The third kappa shape index (κ3) is 12.8. The molecule has 0 bridgehead atoms. The molecule has 0 aromatic heterocycles. The highest BCUT2D eigenvalue weighted by molar-refractivity contribution is 6.67. The van der Waals surface area contributed by atoms with Crippen LogP contribution in [0.5, 0.6) is 0 Å². The van der Waals surface area contributed by atoms with E-state index in [9.17, 15) is 0 Å². The van der Waals surface area contributed by atoms with E-state index in [4.69, 9.17) is 8.85 Å². The summed E-state index contributed by atoms with van der Waals surface area (Å²) in [5.41, 5.74) is 1.29. The minimum atomic E-state index is -2.11. The largest absolute Gasteiger partial charge is 0.394 e. The van der Waals surface area contributed by atoms with Crippen LogP contribution in [0.1, 0.15) is 129 Å². The molecule has 1 atom stereocenters. The molecule has 2 nitrogen and oxygen atoms in total. The van der Waals surface area contributed by atoms with Crippen molar-refractivity contribution in [1.82, 2.24) is 0 Å². The summed E-state index contributed by atoms with van der Waals surface area (Å²) in [5, 5.41) is 0. The lowest BCUT2D eigenvalue weighted by Crippen LogP contribution is -2.42. The van der Waals surface area contributed by atoms with Crippen molar-refractivity contribution in [3.63, 3.8) is 0 Å². The summed E-state index contributed by atoms with van der Waals surface area (Å²) >= 11 is 0. The van der Waals surface area contributed by atoms with Gasteiger partial charge in [0.1, 0.15) is 0 Å². The summed E-state index contributed by atoms with van der Waals surface area (Å²) in [7, 11) is -2.11. The van der Waals surface area contributed by atoms with Gasteiger partial charge >= 0.3 is 8.56 Å². The van der Waals surface area contributed by atoms with Crippen molar-refractivity contribution in [2.45, 2.75) is 136 Å². The Morgan fingerprint density at radius 1 is 0.645 bits per heavy atom. The topological polar surface area (TPSA) is 18.5 Å². The monoisotopic (exact) mass is 448 g/mol. The van der Waals surface area contributed by atoms with Crippen LogP contribution in [-0.4, -0.2) is 15.2 Å². The first kappa shape index (κ1) is 28.4. The lowest BCUT2D eigenvalue weighted by Gasteiger charge is -2.33. The van der Waals surface area contributed by atoms with E-state index < -0.39 is 8.56 Å². The summed E-state index contributed by atoms with van der Waals surface area (Å²) in [6.07, 6.45) is 19.2. The standard InChI is InChI=1S/C28H52O2Si/c1-5-9-10-11-12-13-14-15-16-17-18-19-23-26-29-31(7-3,8-4)30-28(6-2)27-24-21-20-22-25-27/h20-22,24-25,28H,5-19,23,26H2,1-4H3. The van der Waals surface area contributed by atoms with Crippen LogP contribution in [0, 0.1) is 0 Å². The molecule has 1 aromatic rings. The molecule has 1 aromatic carbocycles. The normalized spacial score (nSPS) is 12.9. The summed E-state index contributed by atoms with van der Waals surface area (Å²) in [6.45, 7) is 9.87. The molecule has 0 aliphatic carbocycles. The van der Waals surface area contributed by atoms with Gasteiger partial charge in [-0.25, -0.2) is 0 Å². The van der Waals surface area contributed by atoms with Crippen LogP contribution in [0.25, 0.3) is 0 Å². The average Bonchev–Trinajstić information content (AvgIpc) is 2.82. The molecule has 0 fully saturated rings. The van der Waals surface area contributed by atoms with Crippen LogP contribution in [-0.2, 0) is 8.85 Å². The van der Waals surface area contributed by atoms with E-state index in [-0.39, 0.29) is 6.10 Å². The van der Waals surface area contributed by atoms with Gasteiger partial charge in [0.2, 0.25) is 0 Å². The van der Waals surface area contributed by atoms with E-state index in [0.717, 1.165) is 25.1 Å². The maximum atomic E-state index is 6.70. The highest BCUT2D eigenvalue weighted by Gasteiger charge is 2.36. The molecule has 0 N–H and O–H groups in total. The minimum absolute atomic E-state index is 0.166. The second-order valence-corrected chi connectivity index (χ2v) is 12.9. The highest BCUT2D eigenvalue weighted by atomic mass is 28.4. The molecule has 0 amide bonds. The van der Waals surface area contributed by atoms with Gasteiger partial charge in [-0.15, -0.1) is 0 Å². The highest BCUT2D eigenvalue weighted by Crippen LogP contribution is 2.30. The molecule has 0 aliphatic heterocycles. The van der Waals surface area contributed by atoms with Gasteiger partial charge in [-0.1, -0.05) is 135 Å². The van der Waals surface area contributed by atoms with E-state index in [2.05, 4.69) is 58.0 Å². The SMILES string of the molecule is CCCCCCCCCCCCCCCO[Si](CC)(CC)OC(CC)c1ccccc1. The first-order chi connectivity index (χ1) is 15.2.